The second kappa shape index (κ2) is 5.56. The highest BCUT2D eigenvalue weighted by molar-refractivity contribution is 5.42. The third kappa shape index (κ3) is 3.44. The van der Waals surface area contributed by atoms with Crippen molar-refractivity contribution in [1.82, 2.24) is 0 Å². The molecule has 1 aromatic rings. The van der Waals surface area contributed by atoms with Crippen molar-refractivity contribution in [2.24, 2.45) is 5.73 Å². The normalized spacial score (nSPS) is 12.5. The van der Waals surface area contributed by atoms with Crippen molar-refractivity contribution in [3.8, 4) is 0 Å². The molecule has 13 heavy (non-hydrogen) atoms. The van der Waals surface area contributed by atoms with Gasteiger partial charge >= 0.3 is 0 Å². The van der Waals surface area contributed by atoms with E-state index in [0.717, 1.165) is 12.2 Å². The van der Waals surface area contributed by atoms with E-state index >= 15 is 0 Å². The lowest BCUT2D eigenvalue weighted by molar-refractivity contribution is 0.120. The average Bonchev–Trinajstić information content (AvgIpc) is 2.21. The second-order valence-electron chi connectivity index (χ2n) is 2.84. The van der Waals surface area contributed by atoms with Gasteiger partial charge in [-0.25, -0.2) is 0 Å². The van der Waals surface area contributed by atoms with Crippen LogP contribution in [-0.4, -0.2) is 26.3 Å². The average molecular weight is 180 g/mol. The zero-order chi connectivity index (χ0) is 9.52. The van der Waals surface area contributed by atoms with Gasteiger partial charge in [-0.1, -0.05) is 18.2 Å². The smallest absolute Gasteiger partial charge is 0.0865 e. The van der Waals surface area contributed by atoms with Crippen LogP contribution in [0, 0.1) is 0 Å². The summed E-state index contributed by atoms with van der Waals surface area (Å²) >= 11 is 0. The summed E-state index contributed by atoms with van der Waals surface area (Å²) in [6, 6.07) is 10.0. The minimum Gasteiger partial charge on any atom is -0.382 e. The summed E-state index contributed by atoms with van der Waals surface area (Å²) in [5.74, 6) is 0. The number of benzene rings is 1. The van der Waals surface area contributed by atoms with Crippen molar-refractivity contribution in [1.29, 1.82) is 0 Å². The van der Waals surface area contributed by atoms with E-state index in [1.165, 1.54) is 0 Å². The Morgan fingerprint density at radius 1 is 1.38 bits per heavy atom. The van der Waals surface area contributed by atoms with Gasteiger partial charge in [0, 0.05) is 25.9 Å². The fourth-order valence-corrected chi connectivity index (χ4v) is 1.05. The molecule has 72 valence electrons. The standard InChI is InChI=1S/C10H16N2O/c1-13-10(7-11)8-12-9-5-3-2-4-6-9/h2-6,10,12H,7-8,11H2,1H3. The molecule has 0 aliphatic rings. The van der Waals surface area contributed by atoms with Gasteiger partial charge in [0.05, 0.1) is 6.10 Å². The van der Waals surface area contributed by atoms with Gasteiger partial charge < -0.3 is 15.8 Å². The summed E-state index contributed by atoms with van der Waals surface area (Å²) in [6.45, 7) is 1.29. The number of nitrogens with one attached hydrogen (secondary N) is 1. The molecule has 3 heteroatoms. The van der Waals surface area contributed by atoms with Crippen LogP contribution in [0.15, 0.2) is 30.3 Å². The predicted molar refractivity (Wildman–Crippen MR) is 54.8 cm³/mol. The van der Waals surface area contributed by atoms with Gasteiger partial charge in [0.25, 0.3) is 0 Å². The maximum absolute atomic E-state index is 5.48. The van der Waals surface area contributed by atoms with Gasteiger partial charge in [-0.15, -0.1) is 0 Å². The summed E-state index contributed by atoms with van der Waals surface area (Å²) < 4.78 is 5.13. The van der Waals surface area contributed by atoms with Gasteiger partial charge in [-0.2, -0.15) is 0 Å². The van der Waals surface area contributed by atoms with Crippen molar-refractivity contribution in [2.75, 3.05) is 25.5 Å². The van der Waals surface area contributed by atoms with Gasteiger partial charge in [0.1, 0.15) is 0 Å². The summed E-state index contributed by atoms with van der Waals surface area (Å²) in [5.41, 5.74) is 6.58. The molecule has 0 amide bonds. The fourth-order valence-electron chi connectivity index (χ4n) is 1.05. The van der Waals surface area contributed by atoms with E-state index in [0.29, 0.717) is 6.54 Å². The van der Waals surface area contributed by atoms with E-state index < -0.39 is 0 Å². The number of hydrogen-bond donors (Lipinski definition) is 2. The van der Waals surface area contributed by atoms with Crippen LogP contribution in [0.25, 0.3) is 0 Å². The largest absolute Gasteiger partial charge is 0.382 e. The molecule has 0 aliphatic carbocycles. The Morgan fingerprint density at radius 2 is 2.08 bits per heavy atom. The molecular formula is C10H16N2O. The highest BCUT2D eigenvalue weighted by atomic mass is 16.5. The Kier molecular flexibility index (Phi) is 4.29. The SMILES string of the molecule is COC(CN)CNc1ccccc1. The maximum Gasteiger partial charge on any atom is 0.0865 e. The first-order chi connectivity index (χ1) is 6.36. The van der Waals surface area contributed by atoms with E-state index in [9.17, 15) is 0 Å². The number of methoxy groups -OCH3 is 1. The number of anilines is 1. The second-order valence-corrected chi connectivity index (χ2v) is 2.84. The Morgan fingerprint density at radius 3 is 2.62 bits per heavy atom. The number of para-hydroxylation sites is 1. The number of rotatable bonds is 5. The molecule has 1 rings (SSSR count). The molecule has 3 nitrogen and oxygen atoms in total. The molecular weight excluding hydrogens is 164 g/mol. The Labute approximate surface area is 78.9 Å². The first-order valence-electron chi connectivity index (χ1n) is 4.38. The lowest BCUT2D eigenvalue weighted by Gasteiger charge is -2.14. The molecule has 0 radical (unpaired) electrons. The van der Waals surface area contributed by atoms with E-state index in [1.54, 1.807) is 7.11 Å². The van der Waals surface area contributed by atoms with Crippen LogP contribution in [0.2, 0.25) is 0 Å². The molecule has 0 aromatic heterocycles. The Bertz CT molecular complexity index is 222. The van der Waals surface area contributed by atoms with Crippen molar-refractivity contribution < 1.29 is 4.74 Å². The summed E-state index contributed by atoms with van der Waals surface area (Å²) in [6.07, 6.45) is 0.0835. The van der Waals surface area contributed by atoms with Gasteiger partial charge in [-0.05, 0) is 12.1 Å². The zero-order valence-corrected chi connectivity index (χ0v) is 7.86. The summed E-state index contributed by atoms with van der Waals surface area (Å²) in [7, 11) is 1.67. The molecule has 0 bridgehead atoms. The maximum atomic E-state index is 5.48. The van der Waals surface area contributed by atoms with Crippen LogP contribution >= 0.6 is 0 Å². The molecule has 0 saturated heterocycles. The van der Waals surface area contributed by atoms with Crippen LogP contribution < -0.4 is 11.1 Å². The number of nitrogens with two attached hydrogens (primary N) is 1. The van der Waals surface area contributed by atoms with Crippen molar-refractivity contribution >= 4 is 5.69 Å². The molecule has 0 fully saturated rings. The van der Waals surface area contributed by atoms with Crippen LogP contribution in [0.5, 0.6) is 0 Å². The summed E-state index contributed by atoms with van der Waals surface area (Å²) in [4.78, 5) is 0. The number of hydrogen-bond acceptors (Lipinski definition) is 3. The first kappa shape index (κ1) is 10.0. The minimum absolute atomic E-state index is 0.0835. The topological polar surface area (TPSA) is 47.3 Å². The third-order valence-corrected chi connectivity index (χ3v) is 1.90. The van der Waals surface area contributed by atoms with Crippen LogP contribution in [0.4, 0.5) is 5.69 Å². The first-order valence-corrected chi connectivity index (χ1v) is 4.38. The highest BCUT2D eigenvalue weighted by Gasteiger charge is 2.02. The van der Waals surface area contributed by atoms with Crippen LogP contribution in [0.3, 0.4) is 0 Å². The molecule has 0 aliphatic heterocycles. The van der Waals surface area contributed by atoms with E-state index in [-0.39, 0.29) is 6.10 Å². The van der Waals surface area contributed by atoms with Crippen molar-refractivity contribution in [2.45, 2.75) is 6.10 Å². The quantitative estimate of drug-likeness (QED) is 0.712. The zero-order valence-electron chi connectivity index (χ0n) is 7.86. The molecule has 1 atom stereocenters. The van der Waals surface area contributed by atoms with E-state index in [2.05, 4.69) is 5.32 Å². The lowest BCUT2D eigenvalue weighted by Crippen LogP contribution is -2.29. The van der Waals surface area contributed by atoms with Crippen molar-refractivity contribution in [3.63, 3.8) is 0 Å². The fraction of sp³-hybridized carbons (Fsp3) is 0.400. The molecule has 0 spiro atoms. The van der Waals surface area contributed by atoms with Crippen molar-refractivity contribution in [3.05, 3.63) is 30.3 Å². The molecule has 1 unspecified atom stereocenters. The molecule has 3 N–H and O–H groups in total. The molecule has 0 heterocycles. The van der Waals surface area contributed by atoms with E-state index in [1.807, 2.05) is 30.3 Å². The molecule has 1 aromatic carbocycles. The highest BCUT2D eigenvalue weighted by Crippen LogP contribution is 2.04. The molecule has 0 saturated carbocycles. The third-order valence-electron chi connectivity index (χ3n) is 1.90. The van der Waals surface area contributed by atoms with Crippen LogP contribution in [-0.2, 0) is 4.74 Å². The van der Waals surface area contributed by atoms with Gasteiger partial charge in [0.15, 0.2) is 0 Å². The predicted octanol–water partition coefficient (Wildman–Crippen LogP) is 1.07. The minimum atomic E-state index is 0.0835. The Balaban J connectivity index is 2.34. The number of ether oxygens (including phenoxy) is 1. The summed E-state index contributed by atoms with van der Waals surface area (Å²) in [5, 5.41) is 3.24. The lowest BCUT2D eigenvalue weighted by atomic mass is 10.3. The van der Waals surface area contributed by atoms with Gasteiger partial charge in [0.2, 0.25) is 0 Å². The Hall–Kier alpha value is -1.06. The van der Waals surface area contributed by atoms with Gasteiger partial charge in [-0.3, -0.25) is 0 Å². The monoisotopic (exact) mass is 180 g/mol. The van der Waals surface area contributed by atoms with E-state index in [4.69, 9.17) is 10.5 Å². The van der Waals surface area contributed by atoms with Crippen LogP contribution in [0.1, 0.15) is 0 Å².